The van der Waals surface area contributed by atoms with E-state index in [4.69, 9.17) is 0 Å². The van der Waals surface area contributed by atoms with Gasteiger partial charge in [0.25, 0.3) is 5.91 Å². The first-order chi connectivity index (χ1) is 9.60. The zero-order chi connectivity index (χ0) is 15.0. The number of amides is 3. The number of nitrogens with zero attached hydrogens (tertiary/aromatic N) is 1. The van der Waals surface area contributed by atoms with Crippen molar-refractivity contribution in [2.75, 3.05) is 6.54 Å². The Kier molecular flexibility index (Phi) is 6.98. The van der Waals surface area contributed by atoms with Crippen LogP contribution in [0.2, 0.25) is 0 Å². The van der Waals surface area contributed by atoms with Crippen molar-refractivity contribution < 1.29 is 14.4 Å². The summed E-state index contributed by atoms with van der Waals surface area (Å²) in [4.78, 5) is 36.3. The van der Waals surface area contributed by atoms with Crippen LogP contribution in [-0.2, 0) is 14.4 Å². The molecule has 1 N–H and O–H groups in total. The molecule has 5 heteroatoms. The second-order valence-corrected chi connectivity index (χ2v) is 5.10. The molecule has 0 aromatic carbocycles. The van der Waals surface area contributed by atoms with Crippen LogP contribution in [0.15, 0.2) is 12.7 Å². The summed E-state index contributed by atoms with van der Waals surface area (Å²) in [5, 5.41) is 2.68. The van der Waals surface area contributed by atoms with Gasteiger partial charge in [0, 0.05) is 12.8 Å². The van der Waals surface area contributed by atoms with E-state index in [1.807, 2.05) is 13.0 Å². The number of rotatable bonds is 9. The van der Waals surface area contributed by atoms with Crippen LogP contribution in [0, 0.1) is 0 Å². The minimum absolute atomic E-state index is 0.118. The van der Waals surface area contributed by atoms with Gasteiger partial charge in [-0.1, -0.05) is 19.4 Å². The van der Waals surface area contributed by atoms with Crippen LogP contribution in [-0.4, -0.2) is 35.2 Å². The maximum absolute atomic E-state index is 11.8. The van der Waals surface area contributed by atoms with Crippen molar-refractivity contribution in [2.45, 2.75) is 57.9 Å². The zero-order valence-electron chi connectivity index (χ0n) is 12.2. The molecule has 0 aromatic heterocycles. The van der Waals surface area contributed by atoms with Gasteiger partial charge in [0.2, 0.25) is 11.8 Å². The van der Waals surface area contributed by atoms with Gasteiger partial charge in [-0.3, -0.25) is 19.3 Å². The first-order valence-electron chi connectivity index (χ1n) is 7.34. The molecule has 0 spiro atoms. The average molecular weight is 280 g/mol. The van der Waals surface area contributed by atoms with Crippen LogP contribution in [0.3, 0.4) is 0 Å². The smallest absolute Gasteiger partial charge is 0.253 e. The van der Waals surface area contributed by atoms with Gasteiger partial charge in [0.1, 0.15) is 6.04 Å². The maximum Gasteiger partial charge on any atom is 0.253 e. The number of nitrogens with one attached hydrogen (secondary N) is 1. The Labute approximate surface area is 120 Å². The number of likely N-dealkylation sites (tertiary alicyclic amines) is 1. The highest BCUT2D eigenvalue weighted by Gasteiger charge is 2.40. The summed E-state index contributed by atoms with van der Waals surface area (Å²) in [6.07, 6.45) is 6.99. The largest absolute Gasteiger partial charge is 0.343 e. The summed E-state index contributed by atoms with van der Waals surface area (Å²) in [5.74, 6) is -0.521. The minimum Gasteiger partial charge on any atom is -0.343 e. The lowest BCUT2D eigenvalue weighted by atomic mass is 10.1. The molecule has 112 valence electrons. The van der Waals surface area contributed by atoms with Crippen molar-refractivity contribution in [2.24, 2.45) is 0 Å². The normalized spacial score (nSPS) is 17.6. The third kappa shape index (κ3) is 4.79. The Hall–Kier alpha value is -1.65. The minimum atomic E-state index is -0.507. The molecule has 5 nitrogen and oxygen atoms in total. The average Bonchev–Trinajstić information content (AvgIpc) is 2.44. The molecule has 1 aliphatic rings. The van der Waals surface area contributed by atoms with Crippen molar-refractivity contribution in [1.82, 2.24) is 10.2 Å². The van der Waals surface area contributed by atoms with E-state index in [1.165, 1.54) is 4.90 Å². The van der Waals surface area contributed by atoms with E-state index >= 15 is 0 Å². The highest BCUT2D eigenvalue weighted by Crippen LogP contribution is 2.14. The van der Waals surface area contributed by atoms with Gasteiger partial charge in [0.15, 0.2) is 0 Å². The molecule has 0 unspecified atom stereocenters. The maximum atomic E-state index is 11.8. The lowest BCUT2D eigenvalue weighted by Crippen LogP contribution is -2.65. The molecule has 1 saturated heterocycles. The van der Waals surface area contributed by atoms with Crippen LogP contribution in [0.4, 0.5) is 0 Å². The van der Waals surface area contributed by atoms with Crippen molar-refractivity contribution in [1.29, 1.82) is 0 Å². The molecule has 0 bridgehead atoms. The fourth-order valence-corrected chi connectivity index (χ4v) is 2.06. The fourth-order valence-electron chi connectivity index (χ4n) is 2.06. The van der Waals surface area contributed by atoms with E-state index < -0.39 is 6.04 Å². The molecular weight excluding hydrogens is 256 g/mol. The number of imide groups is 1. The van der Waals surface area contributed by atoms with Crippen molar-refractivity contribution in [3.63, 3.8) is 0 Å². The van der Waals surface area contributed by atoms with Crippen molar-refractivity contribution in [3.05, 3.63) is 12.7 Å². The molecule has 0 radical (unpaired) electrons. The highest BCUT2D eigenvalue weighted by molar-refractivity contribution is 6.04. The molecule has 1 heterocycles. The molecule has 1 atom stereocenters. The molecule has 0 aliphatic carbocycles. The van der Waals surface area contributed by atoms with Crippen LogP contribution in [0.1, 0.15) is 51.9 Å². The van der Waals surface area contributed by atoms with Gasteiger partial charge in [-0.05, 0) is 25.7 Å². The Balaban J connectivity index is 2.21. The molecular formula is C15H24N2O3. The Morgan fingerprint density at radius 2 is 2.10 bits per heavy atom. The molecule has 1 aliphatic heterocycles. The number of hydrogen-bond acceptors (Lipinski definition) is 3. The lowest BCUT2D eigenvalue weighted by molar-refractivity contribution is -0.157. The fraction of sp³-hybridized carbons (Fsp3) is 0.667. The summed E-state index contributed by atoms with van der Waals surface area (Å²) in [5.41, 5.74) is 0. The van der Waals surface area contributed by atoms with Gasteiger partial charge < -0.3 is 5.32 Å². The number of carbonyl (C=O) groups is 3. The van der Waals surface area contributed by atoms with Crippen LogP contribution >= 0.6 is 0 Å². The number of allylic oxidation sites excluding steroid dienone is 1. The van der Waals surface area contributed by atoms with Crippen molar-refractivity contribution in [3.8, 4) is 0 Å². The van der Waals surface area contributed by atoms with Gasteiger partial charge in [-0.2, -0.15) is 0 Å². The molecule has 20 heavy (non-hydrogen) atoms. The molecule has 0 saturated carbocycles. The Morgan fingerprint density at radius 1 is 1.35 bits per heavy atom. The van der Waals surface area contributed by atoms with E-state index in [9.17, 15) is 14.4 Å². The Morgan fingerprint density at radius 3 is 2.70 bits per heavy atom. The van der Waals surface area contributed by atoms with Gasteiger partial charge in [-0.25, -0.2) is 0 Å². The second kappa shape index (κ2) is 8.51. The predicted molar refractivity (Wildman–Crippen MR) is 76.8 cm³/mol. The number of unbranched alkanes of at least 4 members (excludes halogenated alkanes) is 3. The summed E-state index contributed by atoms with van der Waals surface area (Å²) in [6, 6.07) is -0.507. The third-order valence-corrected chi connectivity index (χ3v) is 3.37. The van der Waals surface area contributed by atoms with Gasteiger partial charge in [0.05, 0.1) is 6.54 Å². The summed E-state index contributed by atoms with van der Waals surface area (Å²) in [6.45, 7) is 5.94. The number of β-lactam (4-membered cyclic amide) rings is 1. The molecule has 1 fully saturated rings. The van der Waals surface area contributed by atoms with Crippen molar-refractivity contribution >= 4 is 17.7 Å². The van der Waals surface area contributed by atoms with E-state index in [1.54, 1.807) is 0 Å². The Bertz CT molecular complexity index is 379. The zero-order valence-corrected chi connectivity index (χ0v) is 12.2. The quantitative estimate of drug-likeness (QED) is 0.398. The highest BCUT2D eigenvalue weighted by atomic mass is 16.2. The number of carbonyl (C=O) groups excluding carboxylic acids is 3. The molecule has 0 aromatic rings. The van der Waals surface area contributed by atoms with Crippen LogP contribution < -0.4 is 5.32 Å². The first-order valence-corrected chi connectivity index (χ1v) is 7.34. The van der Waals surface area contributed by atoms with E-state index in [2.05, 4.69) is 11.9 Å². The predicted octanol–water partition coefficient (Wildman–Crippen LogP) is 1.78. The van der Waals surface area contributed by atoms with Crippen LogP contribution in [0.25, 0.3) is 0 Å². The molecule has 1 rings (SSSR count). The number of hydrogen-bond donors (Lipinski definition) is 1. The SMILES string of the molecule is C=CCCCCC(=O)N[C@H]1CN(C(=O)CCCC)C1=O. The first kappa shape index (κ1) is 16.4. The molecule has 3 amide bonds. The second-order valence-electron chi connectivity index (χ2n) is 5.10. The van der Waals surface area contributed by atoms with Gasteiger partial charge >= 0.3 is 0 Å². The topological polar surface area (TPSA) is 66.5 Å². The van der Waals surface area contributed by atoms with Crippen LogP contribution in [0.5, 0.6) is 0 Å². The van der Waals surface area contributed by atoms with E-state index in [0.717, 1.165) is 32.1 Å². The standard InChI is InChI=1S/C15H24N2O3/c1-3-5-7-8-9-13(18)16-12-11-17(15(12)20)14(19)10-6-4-2/h3,12H,1,4-11H2,2H3,(H,16,18)/t12-/m0/s1. The summed E-state index contributed by atoms with van der Waals surface area (Å²) >= 11 is 0. The van der Waals surface area contributed by atoms with Gasteiger partial charge in [-0.15, -0.1) is 6.58 Å². The third-order valence-electron chi connectivity index (χ3n) is 3.37. The monoisotopic (exact) mass is 280 g/mol. The lowest BCUT2D eigenvalue weighted by Gasteiger charge is -2.37. The summed E-state index contributed by atoms with van der Waals surface area (Å²) < 4.78 is 0. The van der Waals surface area contributed by atoms with E-state index in [0.29, 0.717) is 19.4 Å². The summed E-state index contributed by atoms with van der Waals surface area (Å²) in [7, 11) is 0. The van der Waals surface area contributed by atoms with E-state index in [-0.39, 0.29) is 17.7 Å².